The van der Waals surface area contributed by atoms with Crippen LogP contribution in [0.5, 0.6) is 0 Å². The van der Waals surface area contributed by atoms with Crippen LogP contribution in [0.15, 0.2) is 65.6 Å². The zero-order chi connectivity index (χ0) is 29.2. The van der Waals surface area contributed by atoms with Crippen molar-refractivity contribution in [3.63, 3.8) is 0 Å². The van der Waals surface area contributed by atoms with Gasteiger partial charge in [-0.15, -0.1) is 0 Å². The molecule has 0 bridgehead atoms. The molecule has 1 aliphatic rings. The fraction of sp³-hybridized carbons (Fsp3) is 0.345. The Balaban J connectivity index is 1.54. The molecule has 0 unspecified atom stereocenters. The van der Waals surface area contributed by atoms with Crippen molar-refractivity contribution in [2.45, 2.75) is 38.4 Å². The number of halogens is 4. The molecule has 1 amide bonds. The predicted octanol–water partition coefficient (Wildman–Crippen LogP) is 5.82. The Morgan fingerprint density at radius 3 is 2.10 bits per heavy atom. The second-order valence-corrected chi connectivity index (χ2v) is 12.4. The highest BCUT2D eigenvalue weighted by atomic mass is 35.5. The summed E-state index contributed by atoms with van der Waals surface area (Å²) < 4.78 is 68.6. The molecule has 6 nitrogen and oxygen atoms in total. The van der Waals surface area contributed by atoms with Crippen LogP contribution < -0.4 is 4.90 Å². The summed E-state index contributed by atoms with van der Waals surface area (Å²) in [5.74, 6) is -0.372. The highest BCUT2D eigenvalue weighted by Gasteiger charge is 2.33. The van der Waals surface area contributed by atoms with Crippen LogP contribution in [0.2, 0.25) is 5.02 Å². The molecule has 0 radical (unpaired) electrons. The number of hydrogen-bond donors (Lipinski definition) is 0. The van der Waals surface area contributed by atoms with Crippen LogP contribution >= 0.6 is 11.6 Å². The van der Waals surface area contributed by atoms with Gasteiger partial charge in [0.25, 0.3) is 0 Å². The number of aryl methyl sites for hydroxylation is 3. The number of benzene rings is 3. The number of carbonyl (C=O) groups excluding carboxylic acids is 1. The van der Waals surface area contributed by atoms with Gasteiger partial charge in [-0.1, -0.05) is 47.5 Å². The Morgan fingerprint density at radius 2 is 1.52 bits per heavy atom. The van der Waals surface area contributed by atoms with E-state index in [4.69, 9.17) is 11.6 Å². The van der Waals surface area contributed by atoms with Gasteiger partial charge in [0.05, 0.1) is 17.0 Å². The van der Waals surface area contributed by atoms with Crippen LogP contribution in [0.1, 0.15) is 27.8 Å². The molecule has 0 atom stereocenters. The first-order valence-electron chi connectivity index (χ1n) is 12.8. The van der Waals surface area contributed by atoms with Gasteiger partial charge in [-0.05, 0) is 67.8 Å². The predicted molar refractivity (Wildman–Crippen MR) is 150 cm³/mol. The molecule has 11 heteroatoms. The molecule has 3 aromatic carbocycles. The van der Waals surface area contributed by atoms with E-state index in [-0.39, 0.29) is 37.0 Å². The average Bonchev–Trinajstić information content (AvgIpc) is 2.88. The maximum Gasteiger partial charge on any atom is 0.416 e. The summed E-state index contributed by atoms with van der Waals surface area (Å²) in [5, 5.41) is 0.512. The molecule has 40 heavy (non-hydrogen) atoms. The van der Waals surface area contributed by atoms with Crippen LogP contribution in [-0.2, 0) is 27.5 Å². The molecular formula is C29H31ClF3N3O3S. The fourth-order valence-electron chi connectivity index (χ4n) is 5.07. The van der Waals surface area contributed by atoms with Gasteiger partial charge in [0.2, 0.25) is 15.9 Å². The van der Waals surface area contributed by atoms with Gasteiger partial charge in [-0.3, -0.25) is 4.79 Å². The Labute approximate surface area is 238 Å². The zero-order valence-corrected chi connectivity index (χ0v) is 24.1. The van der Waals surface area contributed by atoms with Gasteiger partial charge in [0.1, 0.15) is 0 Å². The molecule has 0 aromatic heterocycles. The summed E-state index contributed by atoms with van der Waals surface area (Å²) >= 11 is 6.01. The lowest BCUT2D eigenvalue weighted by atomic mass is 10.1. The van der Waals surface area contributed by atoms with Gasteiger partial charge < -0.3 is 9.80 Å². The van der Waals surface area contributed by atoms with Crippen molar-refractivity contribution in [2.24, 2.45) is 0 Å². The summed E-state index contributed by atoms with van der Waals surface area (Å²) in [4.78, 5) is 16.9. The van der Waals surface area contributed by atoms with Gasteiger partial charge >= 0.3 is 6.18 Å². The summed E-state index contributed by atoms with van der Waals surface area (Å²) in [5.41, 5.74) is 2.51. The summed E-state index contributed by atoms with van der Waals surface area (Å²) in [6, 6.07) is 15.5. The van der Waals surface area contributed by atoms with Gasteiger partial charge in [0.15, 0.2) is 0 Å². The molecule has 4 rings (SSSR count). The van der Waals surface area contributed by atoms with Crippen LogP contribution in [0.25, 0.3) is 0 Å². The minimum Gasteiger partial charge on any atom is -0.368 e. The molecule has 1 heterocycles. The Bertz CT molecular complexity index is 1460. The maximum absolute atomic E-state index is 14.0. The number of amides is 1. The highest BCUT2D eigenvalue weighted by Crippen LogP contribution is 2.32. The topological polar surface area (TPSA) is 60.9 Å². The van der Waals surface area contributed by atoms with E-state index in [1.807, 2.05) is 6.92 Å². The Kier molecular flexibility index (Phi) is 8.82. The van der Waals surface area contributed by atoms with Crippen molar-refractivity contribution in [1.29, 1.82) is 0 Å². The number of hydrogen-bond acceptors (Lipinski definition) is 4. The van der Waals surface area contributed by atoms with E-state index < -0.39 is 21.8 Å². The zero-order valence-electron chi connectivity index (χ0n) is 22.5. The molecule has 3 aromatic rings. The van der Waals surface area contributed by atoms with Gasteiger partial charge in [-0.25, -0.2) is 8.42 Å². The molecule has 0 saturated carbocycles. The highest BCUT2D eigenvalue weighted by molar-refractivity contribution is 7.89. The van der Waals surface area contributed by atoms with Crippen molar-refractivity contribution in [1.82, 2.24) is 9.21 Å². The maximum atomic E-state index is 14.0. The molecule has 214 valence electrons. The normalized spacial score (nSPS) is 14.6. The molecule has 1 saturated heterocycles. The fourth-order valence-corrected chi connectivity index (χ4v) is 6.98. The first-order chi connectivity index (χ1) is 18.8. The smallest absolute Gasteiger partial charge is 0.368 e. The van der Waals surface area contributed by atoms with E-state index in [9.17, 15) is 26.4 Å². The summed E-state index contributed by atoms with van der Waals surface area (Å²) in [6.07, 6.45) is -4.44. The Hall–Kier alpha value is -3.08. The summed E-state index contributed by atoms with van der Waals surface area (Å²) in [6.45, 7) is 6.14. The van der Waals surface area contributed by atoms with E-state index in [1.165, 1.54) is 10.4 Å². The third-order valence-corrected chi connectivity index (χ3v) is 9.31. The molecule has 0 N–H and O–H groups in total. The van der Waals surface area contributed by atoms with Crippen LogP contribution in [0.4, 0.5) is 18.9 Å². The largest absolute Gasteiger partial charge is 0.416 e. The van der Waals surface area contributed by atoms with Crippen molar-refractivity contribution in [2.75, 3.05) is 37.6 Å². The second kappa shape index (κ2) is 11.8. The number of piperazine rings is 1. The number of anilines is 1. The SMILES string of the molecule is Cc1cc(C)c(S(=O)(=O)N(CC(=O)N2CCN(c3cccc(C(F)(F)F)c3)CC2)Cc2ccc(Cl)cc2)c(C)c1. The summed E-state index contributed by atoms with van der Waals surface area (Å²) in [7, 11) is -4.06. The van der Waals surface area contributed by atoms with Crippen molar-refractivity contribution < 1.29 is 26.4 Å². The van der Waals surface area contributed by atoms with E-state index in [2.05, 4.69) is 0 Å². The number of carbonyl (C=O) groups is 1. The standard InChI is InChI=1S/C29H31ClF3N3O3S/c1-20-15-21(2)28(22(3)16-20)40(38,39)36(18-23-7-9-25(30)10-8-23)19-27(37)35-13-11-34(12-14-35)26-6-4-5-24(17-26)29(31,32)33/h4-10,15-17H,11-14,18-19H2,1-3H3. The lowest BCUT2D eigenvalue weighted by Crippen LogP contribution is -2.51. The van der Waals surface area contributed by atoms with E-state index in [0.717, 1.165) is 17.7 Å². The first-order valence-corrected chi connectivity index (χ1v) is 14.6. The van der Waals surface area contributed by atoms with E-state index in [1.54, 1.807) is 66.1 Å². The van der Waals surface area contributed by atoms with Gasteiger partial charge in [-0.2, -0.15) is 17.5 Å². The molecule has 0 spiro atoms. The van der Waals surface area contributed by atoms with Gasteiger partial charge in [0, 0.05) is 43.4 Å². The third kappa shape index (κ3) is 6.79. The first kappa shape index (κ1) is 29.9. The van der Waals surface area contributed by atoms with Crippen LogP contribution in [0.3, 0.4) is 0 Å². The van der Waals surface area contributed by atoms with E-state index >= 15 is 0 Å². The minimum atomic E-state index is -4.44. The van der Waals surface area contributed by atoms with Crippen LogP contribution in [-0.4, -0.2) is 56.3 Å². The molecule has 0 aliphatic carbocycles. The number of nitrogens with zero attached hydrogens (tertiary/aromatic N) is 3. The quantitative estimate of drug-likeness (QED) is 0.346. The third-order valence-electron chi connectivity index (χ3n) is 6.96. The molecule has 1 aliphatic heterocycles. The van der Waals surface area contributed by atoms with Crippen molar-refractivity contribution in [3.8, 4) is 0 Å². The second-order valence-electron chi connectivity index (χ2n) is 10.0. The average molecular weight is 594 g/mol. The number of sulfonamides is 1. The molecular weight excluding hydrogens is 563 g/mol. The number of alkyl halides is 3. The van der Waals surface area contributed by atoms with Crippen molar-refractivity contribution >= 4 is 33.2 Å². The number of rotatable bonds is 7. The monoisotopic (exact) mass is 593 g/mol. The van der Waals surface area contributed by atoms with E-state index in [0.29, 0.717) is 40.5 Å². The lowest BCUT2D eigenvalue weighted by Gasteiger charge is -2.37. The van der Waals surface area contributed by atoms with Crippen LogP contribution in [0, 0.1) is 20.8 Å². The Morgan fingerprint density at radius 1 is 0.925 bits per heavy atom. The molecule has 1 fully saturated rings. The lowest BCUT2D eigenvalue weighted by molar-refractivity contribution is -0.137. The minimum absolute atomic E-state index is 0.0256. The van der Waals surface area contributed by atoms with Crippen molar-refractivity contribution in [3.05, 3.63) is 93.5 Å².